The standard InChI is InChI=1S/C18H25BO4P2/c19-25(24)23-17-11-16-15(10-18(21)22-16)14(17)9-8-13(20)7-6-12-4-2-1-3-5-12/h1-5,8-9,13-17,20H,6-7,10-11,19,24H2/b9-8+/t13-,14+,15+,16-,17+,25?/m0/s1. The molecule has 134 valence electrons. The molecule has 1 aromatic carbocycles. The maximum absolute atomic E-state index is 11.6. The fraction of sp³-hybridized carbons (Fsp3) is 0.500. The Morgan fingerprint density at radius 3 is 2.92 bits per heavy atom. The van der Waals surface area contributed by atoms with E-state index in [-0.39, 0.29) is 30.0 Å². The first kappa shape index (κ1) is 19.0. The lowest BCUT2D eigenvalue weighted by molar-refractivity contribution is -0.141. The first-order valence-corrected chi connectivity index (χ1v) is 12.1. The molecule has 0 bridgehead atoms. The van der Waals surface area contributed by atoms with E-state index in [0.717, 1.165) is 12.8 Å². The van der Waals surface area contributed by atoms with Crippen LogP contribution in [-0.2, 0) is 20.5 Å². The van der Waals surface area contributed by atoms with Crippen molar-refractivity contribution in [1.29, 1.82) is 0 Å². The third-order valence-corrected chi connectivity index (χ3v) is 5.95. The summed E-state index contributed by atoms with van der Waals surface area (Å²) in [5.74, 6) is 0.199. The average molecular weight is 378 g/mol. The van der Waals surface area contributed by atoms with Gasteiger partial charge in [-0.05, 0) is 26.1 Å². The van der Waals surface area contributed by atoms with Crippen molar-refractivity contribution >= 4 is 30.2 Å². The van der Waals surface area contributed by atoms with Crippen molar-refractivity contribution in [2.45, 2.75) is 44.0 Å². The molecule has 2 aliphatic rings. The van der Waals surface area contributed by atoms with Gasteiger partial charge in [-0.3, -0.25) is 4.79 Å². The smallest absolute Gasteiger partial charge is 0.306 e. The van der Waals surface area contributed by atoms with E-state index in [4.69, 9.17) is 9.26 Å². The quantitative estimate of drug-likeness (QED) is 0.343. The Kier molecular flexibility index (Phi) is 6.69. The molecule has 0 aromatic heterocycles. The number of carbonyl (C=O) groups is 1. The molecule has 4 nitrogen and oxygen atoms in total. The van der Waals surface area contributed by atoms with Gasteiger partial charge in [0, 0.05) is 18.3 Å². The molecular formula is C18H25BO4P2. The topological polar surface area (TPSA) is 55.8 Å². The fourth-order valence-corrected chi connectivity index (χ4v) is 4.93. The monoisotopic (exact) mass is 378 g/mol. The molecule has 7 atom stereocenters. The van der Waals surface area contributed by atoms with Crippen LogP contribution in [0.25, 0.3) is 0 Å². The summed E-state index contributed by atoms with van der Waals surface area (Å²) in [4.78, 5) is 11.6. The molecule has 25 heavy (non-hydrogen) atoms. The van der Waals surface area contributed by atoms with Crippen LogP contribution < -0.4 is 0 Å². The molecule has 2 fully saturated rings. The van der Waals surface area contributed by atoms with Gasteiger partial charge in [-0.2, -0.15) is 0 Å². The molecule has 0 amide bonds. The highest BCUT2D eigenvalue weighted by molar-refractivity contribution is 8.23. The molecule has 1 saturated carbocycles. The molecule has 1 N–H and O–H groups in total. The Labute approximate surface area is 153 Å². The fourth-order valence-electron chi connectivity index (χ4n) is 3.80. The van der Waals surface area contributed by atoms with Gasteiger partial charge < -0.3 is 14.4 Å². The minimum Gasteiger partial charge on any atom is -0.462 e. The van der Waals surface area contributed by atoms with Crippen molar-refractivity contribution in [1.82, 2.24) is 0 Å². The van der Waals surface area contributed by atoms with Gasteiger partial charge in [0.05, 0.1) is 18.6 Å². The lowest BCUT2D eigenvalue weighted by Gasteiger charge is -2.22. The number of hydrogen-bond donors (Lipinski definition) is 1. The van der Waals surface area contributed by atoms with Crippen molar-refractivity contribution in [2.24, 2.45) is 11.8 Å². The molecule has 1 aromatic rings. The molecule has 7 heteroatoms. The molecule has 0 spiro atoms. The van der Waals surface area contributed by atoms with E-state index >= 15 is 0 Å². The van der Waals surface area contributed by atoms with Crippen molar-refractivity contribution in [3.05, 3.63) is 48.0 Å². The highest BCUT2D eigenvalue weighted by Gasteiger charge is 2.49. The summed E-state index contributed by atoms with van der Waals surface area (Å²) in [6.07, 6.45) is 6.21. The molecule has 1 heterocycles. The molecule has 1 aliphatic carbocycles. The Morgan fingerprint density at radius 1 is 1.44 bits per heavy atom. The van der Waals surface area contributed by atoms with Gasteiger partial charge in [-0.25, -0.2) is 0 Å². The second-order valence-corrected chi connectivity index (χ2v) is 10.4. The molecule has 0 radical (unpaired) electrons. The zero-order chi connectivity index (χ0) is 17.8. The van der Waals surface area contributed by atoms with Crippen molar-refractivity contribution < 1.29 is 19.2 Å². The SMILES string of the molecule is BP(P)O[C@@H]1C[C@@H]2OC(=O)C[C@@H]2[C@H]1/C=C/[C@@H](O)CCc1ccccc1. The highest BCUT2D eigenvalue weighted by atomic mass is 32.0. The number of carbonyl (C=O) groups excluding carboxylic acids is 1. The zero-order valence-corrected chi connectivity index (χ0v) is 16.5. The third kappa shape index (κ3) is 5.14. The van der Waals surface area contributed by atoms with Crippen LogP contribution in [0.1, 0.15) is 24.8 Å². The van der Waals surface area contributed by atoms with Crippen LogP contribution in [0.15, 0.2) is 42.5 Å². The number of hydrogen-bond acceptors (Lipinski definition) is 4. The summed E-state index contributed by atoms with van der Waals surface area (Å²) in [5, 5.41) is 10.3. The Balaban J connectivity index is 1.59. The van der Waals surface area contributed by atoms with Crippen LogP contribution in [0.3, 0.4) is 0 Å². The summed E-state index contributed by atoms with van der Waals surface area (Å²) in [6.45, 7) is 0. The van der Waals surface area contributed by atoms with E-state index in [0.29, 0.717) is 12.8 Å². The average Bonchev–Trinajstić information content (AvgIpc) is 3.07. The van der Waals surface area contributed by atoms with Gasteiger partial charge in [0.25, 0.3) is 0 Å². The number of fused-ring (bicyclic) bond motifs is 1. The van der Waals surface area contributed by atoms with E-state index in [2.05, 4.69) is 34.7 Å². The Bertz CT molecular complexity index is 610. The van der Waals surface area contributed by atoms with Crippen LogP contribution in [0.5, 0.6) is 0 Å². The van der Waals surface area contributed by atoms with Crippen molar-refractivity contribution in [3.8, 4) is 0 Å². The van der Waals surface area contributed by atoms with Gasteiger partial charge in [0.1, 0.15) is 6.10 Å². The van der Waals surface area contributed by atoms with Crippen molar-refractivity contribution in [3.63, 3.8) is 0 Å². The minimum absolute atomic E-state index is 0.0337. The lowest BCUT2D eigenvalue weighted by Crippen LogP contribution is -2.20. The summed E-state index contributed by atoms with van der Waals surface area (Å²) >= 11 is 0. The Morgan fingerprint density at radius 2 is 2.20 bits per heavy atom. The second-order valence-electron chi connectivity index (χ2n) is 6.88. The van der Waals surface area contributed by atoms with Gasteiger partial charge >= 0.3 is 5.97 Å². The van der Waals surface area contributed by atoms with Crippen LogP contribution >= 0.6 is 16.6 Å². The lowest BCUT2D eigenvalue weighted by atomic mass is 9.91. The van der Waals surface area contributed by atoms with E-state index in [1.54, 1.807) is 0 Å². The predicted octanol–water partition coefficient (Wildman–Crippen LogP) is 2.61. The number of esters is 1. The summed E-state index contributed by atoms with van der Waals surface area (Å²) in [5.41, 5.74) is 1.23. The molecule has 3 rings (SSSR count). The van der Waals surface area contributed by atoms with Crippen LogP contribution in [0.4, 0.5) is 0 Å². The van der Waals surface area contributed by atoms with E-state index in [1.807, 2.05) is 24.3 Å². The van der Waals surface area contributed by atoms with E-state index in [1.165, 1.54) is 5.56 Å². The van der Waals surface area contributed by atoms with Crippen LogP contribution in [0.2, 0.25) is 0 Å². The maximum atomic E-state index is 11.6. The number of benzene rings is 1. The first-order valence-electron chi connectivity index (χ1n) is 8.78. The number of ether oxygens (including phenoxy) is 1. The molecule has 1 aliphatic heterocycles. The maximum Gasteiger partial charge on any atom is 0.306 e. The van der Waals surface area contributed by atoms with Gasteiger partial charge in [-0.15, -0.1) is 0 Å². The first-order chi connectivity index (χ1) is 12.0. The van der Waals surface area contributed by atoms with Gasteiger partial charge in [0.15, 0.2) is 7.57 Å². The summed E-state index contributed by atoms with van der Waals surface area (Å²) in [7, 11) is 4.21. The number of aliphatic hydroxyl groups is 1. The molecule has 1 saturated heterocycles. The van der Waals surface area contributed by atoms with Gasteiger partial charge in [0.2, 0.25) is 0 Å². The van der Waals surface area contributed by atoms with Crippen molar-refractivity contribution in [2.75, 3.05) is 0 Å². The highest BCUT2D eigenvalue weighted by Crippen LogP contribution is 2.50. The Hall–Kier alpha value is -0.725. The summed E-state index contributed by atoms with van der Waals surface area (Å²) < 4.78 is 11.5. The normalized spacial score (nSPS) is 31.0. The third-order valence-electron chi connectivity index (χ3n) is 4.98. The largest absolute Gasteiger partial charge is 0.462 e. The zero-order valence-electron chi connectivity index (χ0n) is 14.5. The number of aliphatic hydroxyl groups excluding tert-OH is 1. The predicted molar refractivity (Wildman–Crippen MR) is 106 cm³/mol. The van der Waals surface area contributed by atoms with E-state index < -0.39 is 13.8 Å². The van der Waals surface area contributed by atoms with Gasteiger partial charge in [-0.1, -0.05) is 51.4 Å². The molecule has 2 unspecified atom stereocenters. The van der Waals surface area contributed by atoms with E-state index in [9.17, 15) is 9.90 Å². The molecular weight excluding hydrogens is 353 g/mol. The number of aryl methyl sites for hydroxylation is 1. The second kappa shape index (κ2) is 8.78. The van der Waals surface area contributed by atoms with Crippen LogP contribution in [-0.4, -0.2) is 37.0 Å². The minimum atomic E-state index is -0.551. The van der Waals surface area contributed by atoms with Crippen LogP contribution in [0, 0.1) is 11.8 Å². The number of rotatable bonds is 7. The summed E-state index contributed by atoms with van der Waals surface area (Å²) in [6, 6.07) is 10.2.